The smallest absolute Gasteiger partial charge is 0.255 e. The minimum absolute atomic E-state index is 0.0607. The van der Waals surface area contributed by atoms with E-state index in [1.165, 1.54) is 0 Å². The van der Waals surface area contributed by atoms with Gasteiger partial charge in [0, 0.05) is 24.5 Å². The normalized spacial score (nSPS) is 21.4. The minimum atomic E-state index is 0.0607. The molecule has 1 saturated heterocycles. The average molecular weight is 271 g/mol. The van der Waals surface area contributed by atoms with Gasteiger partial charge in [-0.3, -0.25) is 9.78 Å². The summed E-state index contributed by atoms with van der Waals surface area (Å²) in [4.78, 5) is 18.9. The van der Waals surface area contributed by atoms with Crippen molar-refractivity contribution >= 4 is 5.91 Å². The standard InChI is InChI=1S/C16H21N3O/c1-3-14-7-6-12(2)19(14)16(20)15-8-10-18-11-13(15)5-4-9-17/h8,10-12,14H,3,6-7,9,17H2,1-2H3. The molecule has 0 radical (unpaired) electrons. The first kappa shape index (κ1) is 14.5. The van der Waals surface area contributed by atoms with Gasteiger partial charge in [0.2, 0.25) is 0 Å². The zero-order valence-electron chi connectivity index (χ0n) is 12.1. The summed E-state index contributed by atoms with van der Waals surface area (Å²) in [5.74, 6) is 5.79. The maximum Gasteiger partial charge on any atom is 0.255 e. The highest BCUT2D eigenvalue weighted by molar-refractivity contribution is 5.97. The number of aromatic nitrogens is 1. The van der Waals surface area contributed by atoms with Gasteiger partial charge in [0.05, 0.1) is 17.7 Å². The number of carbonyl (C=O) groups excluding carboxylic acids is 1. The molecule has 0 saturated carbocycles. The van der Waals surface area contributed by atoms with Crippen LogP contribution in [0.3, 0.4) is 0 Å². The molecular weight excluding hydrogens is 250 g/mol. The molecule has 2 N–H and O–H groups in total. The van der Waals surface area contributed by atoms with Crippen LogP contribution in [0.2, 0.25) is 0 Å². The number of nitrogens with two attached hydrogens (primary N) is 1. The molecule has 1 aromatic heterocycles. The van der Waals surface area contributed by atoms with Gasteiger partial charge in [-0.25, -0.2) is 0 Å². The van der Waals surface area contributed by atoms with Gasteiger partial charge in [-0.1, -0.05) is 18.8 Å². The molecule has 20 heavy (non-hydrogen) atoms. The number of carbonyl (C=O) groups is 1. The highest BCUT2D eigenvalue weighted by Crippen LogP contribution is 2.28. The van der Waals surface area contributed by atoms with E-state index in [0.29, 0.717) is 17.2 Å². The minimum Gasteiger partial charge on any atom is -0.333 e. The topological polar surface area (TPSA) is 59.2 Å². The fourth-order valence-corrected chi connectivity index (χ4v) is 2.80. The number of pyridine rings is 1. The van der Waals surface area contributed by atoms with E-state index in [2.05, 4.69) is 30.7 Å². The Labute approximate surface area is 120 Å². The van der Waals surface area contributed by atoms with Gasteiger partial charge in [0.1, 0.15) is 0 Å². The van der Waals surface area contributed by atoms with Crippen LogP contribution in [0.4, 0.5) is 0 Å². The van der Waals surface area contributed by atoms with E-state index < -0.39 is 0 Å². The van der Waals surface area contributed by atoms with E-state index in [-0.39, 0.29) is 18.5 Å². The molecule has 2 rings (SSSR count). The molecule has 4 heteroatoms. The van der Waals surface area contributed by atoms with Crippen LogP contribution < -0.4 is 5.73 Å². The van der Waals surface area contributed by atoms with Gasteiger partial charge in [0.15, 0.2) is 0 Å². The molecule has 0 aliphatic carbocycles. The van der Waals surface area contributed by atoms with Crippen molar-refractivity contribution in [2.24, 2.45) is 5.73 Å². The van der Waals surface area contributed by atoms with Crippen LogP contribution in [0.25, 0.3) is 0 Å². The Bertz CT molecular complexity index is 544. The second-order valence-electron chi connectivity index (χ2n) is 5.13. The number of likely N-dealkylation sites (tertiary alicyclic amines) is 1. The van der Waals surface area contributed by atoms with Gasteiger partial charge < -0.3 is 10.6 Å². The summed E-state index contributed by atoms with van der Waals surface area (Å²) in [7, 11) is 0. The Hall–Kier alpha value is -1.86. The zero-order chi connectivity index (χ0) is 14.5. The quantitative estimate of drug-likeness (QED) is 0.834. The summed E-state index contributed by atoms with van der Waals surface area (Å²) < 4.78 is 0. The maximum atomic E-state index is 12.8. The van der Waals surface area contributed by atoms with Crippen LogP contribution in [0, 0.1) is 11.8 Å². The number of nitrogens with zero attached hydrogens (tertiary/aromatic N) is 2. The van der Waals surface area contributed by atoms with Crippen LogP contribution in [0.1, 0.15) is 49.0 Å². The summed E-state index contributed by atoms with van der Waals surface area (Å²) in [5, 5.41) is 0. The van der Waals surface area contributed by atoms with Crippen molar-refractivity contribution in [3.63, 3.8) is 0 Å². The number of amides is 1. The van der Waals surface area contributed by atoms with E-state index in [4.69, 9.17) is 5.73 Å². The summed E-state index contributed by atoms with van der Waals surface area (Å²) in [6.07, 6.45) is 6.42. The third-order valence-electron chi connectivity index (χ3n) is 3.87. The van der Waals surface area contributed by atoms with E-state index in [0.717, 1.165) is 19.3 Å². The molecule has 1 amide bonds. The average Bonchev–Trinajstić information content (AvgIpc) is 2.85. The van der Waals surface area contributed by atoms with Crippen LogP contribution in [-0.2, 0) is 0 Å². The molecule has 2 unspecified atom stereocenters. The zero-order valence-corrected chi connectivity index (χ0v) is 12.1. The Balaban J connectivity index is 2.33. The van der Waals surface area contributed by atoms with Crippen molar-refractivity contribution in [3.8, 4) is 11.8 Å². The van der Waals surface area contributed by atoms with E-state index >= 15 is 0 Å². The largest absolute Gasteiger partial charge is 0.333 e. The first-order chi connectivity index (χ1) is 9.69. The second-order valence-corrected chi connectivity index (χ2v) is 5.13. The Kier molecular flexibility index (Phi) is 4.75. The van der Waals surface area contributed by atoms with Crippen molar-refractivity contribution in [3.05, 3.63) is 29.6 Å². The number of rotatable bonds is 2. The van der Waals surface area contributed by atoms with E-state index in [1.807, 2.05) is 4.90 Å². The Morgan fingerprint density at radius 1 is 1.55 bits per heavy atom. The first-order valence-electron chi connectivity index (χ1n) is 7.14. The second kappa shape index (κ2) is 6.53. The molecule has 2 atom stereocenters. The molecule has 0 bridgehead atoms. The lowest BCUT2D eigenvalue weighted by atomic mass is 10.1. The van der Waals surface area contributed by atoms with Crippen molar-refractivity contribution in [2.45, 2.75) is 45.2 Å². The summed E-state index contributed by atoms with van der Waals surface area (Å²) >= 11 is 0. The van der Waals surface area contributed by atoms with Gasteiger partial charge in [-0.15, -0.1) is 0 Å². The first-order valence-corrected chi connectivity index (χ1v) is 7.14. The van der Waals surface area contributed by atoms with Crippen LogP contribution in [0.15, 0.2) is 18.5 Å². The van der Waals surface area contributed by atoms with Crippen molar-refractivity contribution in [2.75, 3.05) is 6.54 Å². The molecule has 1 aliphatic heterocycles. The van der Waals surface area contributed by atoms with E-state index in [1.54, 1.807) is 18.5 Å². The lowest BCUT2D eigenvalue weighted by Gasteiger charge is -2.28. The van der Waals surface area contributed by atoms with Gasteiger partial charge in [-0.2, -0.15) is 0 Å². The monoisotopic (exact) mass is 271 g/mol. The molecular formula is C16H21N3O. The molecule has 1 aromatic rings. The molecule has 0 spiro atoms. The molecule has 0 aromatic carbocycles. The Morgan fingerprint density at radius 3 is 3.05 bits per heavy atom. The SMILES string of the molecule is CCC1CCC(C)N1C(=O)c1ccncc1C#CCN. The third-order valence-corrected chi connectivity index (χ3v) is 3.87. The number of hydrogen-bond donors (Lipinski definition) is 1. The lowest BCUT2D eigenvalue weighted by Crippen LogP contribution is -2.40. The van der Waals surface area contributed by atoms with Gasteiger partial charge in [0.25, 0.3) is 5.91 Å². The highest BCUT2D eigenvalue weighted by atomic mass is 16.2. The third kappa shape index (κ3) is 2.83. The summed E-state index contributed by atoms with van der Waals surface area (Å²) in [6.45, 7) is 4.52. The molecule has 2 heterocycles. The Morgan fingerprint density at radius 2 is 2.35 bits per heavy atom. The van der Waals surface area contributed by atoms with Crippen LogP contribution in [-0.4, -0.2) is 34.4 Å². The van der Waals surface area contributed by atoms with Gasteiger partial charge >= 0.3 is 0 Å². The van der Waals surface area contributed by atoms with Crippen LogP contribution >= 0.6 is 0 Å². The van der Waals surface area contributed by atoms with Gasteiger partial charge in [-0.05, 0) is 32.3 Å². The predicted octanol–water partition coefficient (Wildman–Crippen LogP) is 1.79. The van der Waals surface area contributed by atoms with Crippen molar-refractivity contribution < 1.29 is 4.79 Å². The van der Waals surface area contributed by atoms with Crippen LogP contribution in [0.5, 0.6) is 0 Å². The summed E-state index contributed by atoms with van der Waals surface area (Å²) in [5.41, 5.74) is 6.70. The maximum absolute atomic E-state index is 12.8. The lowest BCUT2D eigenvalue weighted by molar-refractivity contribution is 0.0676. The van der Waals surface area contributed by atoms with Crippen molar-refractivity contribution in [1.29, 1.82) is 0 Å². The predicted molar refractivity (Wildman–Crippen MR) is 79.1 cm³/mol. The molecule has 106 valence electrons. The number of hydrogen-bond acceptors (Lipinski definition) is 3. The molecule has 4 nitrogen and oxygen atoms in total. The fourth-order valence-electron chi connectivity index (χ4n) is 2.80. The molecule has 1 aliphatic rings. The van der Waals surface area contributed by atoms with Crippen molar-refractivity contribution in [1.82, 2.24) is 9.88 Å². The molecule has 1 fully saturated rings. The highest BCUT2D eigenvalue weighted by Gasteiger charge is 2.34. The van der Waals surface area contributed by atoms with E-state index in [9.17, 15) is 4.79 Å². The summed E-state index contributed by atoms with van der Waals surface area (Å²) in [6, 6.07) is 2.37. The fraction of sp³-hybridized carbons (Fsp3) is 0.500.